The van der Waals surface area contributed by atoms with E-state index in [4.69, 9.17) is 4.12 Å². The lowest BCUT2D eigenvalue weighted by molar-refractivity contribution is 0.668. The normalized spacial score (nSPS) is 11.0. The fraction of sp³-hybridized carbons (Fsp3) is 0.667. The van der Waals surface area contributed by atoms with Crippen molar-refractivity contribution in [3.63, 3.8) is 0 Å². The van der Waals surface area contributed by atoms with Gasteiger partial charge in [-0.1, -0.05) is 17.7 Å². The Morgan fingerprint density at radius 2 is 2.11 bits per heavy atom. The van der Waals surface area contributed by atoms with Crippen LogP contribution in [0, 0.1) is 0 Å². The Labute approximate surface area is 63.0 Å². The predicted octanol–water partition coefficient (Wildman–Crippen LogP) is 0.0711. The van der Waals surface area contributed by atoms with Gasteiger partial charge in [0.2, 0.25) is 0 Å². The molecule has 54 valence electrons. The SMILES string of the molecule is CCC([SiH2]O[SiH3])=C(C)C. The molecule has 0 rings (SSSR count). The molecule has 0 aromatic carbocycles. The zero-order valence-electron chi connectivity index (χ0n) is 6.82. The van der Waals surface area contributed by atoms with E-state index in [0.29, 0.717) is 0 Å². The summed E-state index contributed by atoms with van der Waals surface area (Å²) in [5.74, 6) is 0. The molecular weight excluding hydrogens is 144 g/mol. The quantitative estimate of drug-likeness (QED) is 0.531. The van der Waals surface area contributed by atoms with Crippen LogP contribution in [0.3, 0.4) is 0 Å². The molecule has 0 bridgehead atoms. The second kappa shape index (κ2) is 4.96. The molecule has 1 nitrogen and oxygen atoms in total. The average molecular weight is 160 g/mol. The fourth-order valence-corrected chi connectivity index (χ4v) is 2.66. The van der Waals surface area contributed by atoms with Crippen LogP contribution < -0.4 is 0 Å². The first-order chi connectivity index (χ1) is 4.22. The predicted molar refractivity (Wildman–Crippen MR) is 48.2 cm³/mol. The van der Waals surface area contributed by atoms with Gasteiger partial charge in [-0.05, 0) is 20.3 Å². The van der Waals surface area contributed by atoms with Crippen LogP contribution in [0.1, 0.15) is 27.2 Å². The Bertz CT molecular complexity index is 106. The molecule has 0 radical (unpaired) electrons. The summed E-state index contributed by atoms with van der Waals surface area (Å²) in [5, 5.41) is 1.59. The maximum Gasteiger partial charge on any atom is 0.173 e. The van der Waals surface area contributed by atoms with Gasteiger partial charge in [0.1, 0.15) is 10.5 Å². The molecule has 0 saturated heterocycles. The first-order valence-corrected chi connectivity index (χ1v) is 5.46. The van der Waals surface area contributed by atoms with E-state index in [1.807, 2.05) is 0 Å². The lowest BCUT2D eigenvalue weighted by atomic mass is 10.3. The van der Waals surface area contributed by atoms with Crippen LogP contribution in [0.15, 0.2) is 10.8 Å². The standard InChI is InChI=1S/C6H16OSi2/c1-4-6(5(2)3)9-7-8/h4,9H2,1-3,8H3. The first-order valence-electron chi connectivity index (χ1n) is 3.36. The molecule has 0 unspecified atom stereocenters. The molecule has 0 aromatic heterocycles. The van der Waals surface area contributed by atoms with Crippen molar-refractivity contribution in [3.8, 4) is 0 Å². The third-order valence-electron chi connectivity index (χ3n) is 1.45. The van der Waals surface area contributed by atoms with Crippen LogP contribution in [0.5, 0.6) is 0 Å². The molecule has 0 spiro atoms. The summed E-state index contributed by atoms with van der Waals surface area (Å²) in [7, 11) is 0.644. The molecule has 0 saturated carbocycles. The highest BCUT2D eigenvalue weighted by Gasteiger charge is 1.94. The van der Waals surface area contributed by atoms with Gasteiger partial charge < -0.3 is 4.12 Å². The molecule has 0 amide bonds. The maximum atomic E-state index is 5.28. The van der Waals surface area contributed by atoms with Crippen LogP contribution >= 0.6 is 0 Å². The number of rotatable bonds is 3. The summed E-state index contributed by atoms with van der Waals surface area (Å²) >= 11 is 0. The summed E-state index contributed by atoms with van der Waals surface area (Å²) in [6.45, 7) is 6.55. The molecular formula is C6H16OSi2. The van der Waals surface area contributed by atoms with Gasteiger partial charge >= 0.3 is 0 Å². The van der Waals surface area contributed by atoms with Gasteiger partial charge in [0.25, 0.3) is 0 Å². The Hall–Kier alpha value is 0.134. The Kier molecular flexibility index (Phi) is 5.04. The molecule has 3 heteroatoms. The zero-order chi connectivity index (χ0) is 7.28. The molecule has 0 fully saturated rings. The van der Waals surface area contributed by atoms with Crippen molar-refractivity contribution in [1.29, 1.82) is 0 Å². The minimum atomic E-state index is -0.270. The third-order valence-corrected chi connectivity index (χ3v) is 4.16. The van der Waals surface area contributed by atoms with Crippen molar-refractivity contribution in [3.05, 3.63) is 10.8 Å². The van der Waals surface area contributed by atoms with Crippen molar-refractivity contribution in [2.75, 3.05) is 0 Å². The van der Waals surface area contributed by atoms with Crippen LogP contribution in [-0.4, -0.2) is 20.2 Å². The van der Waals surface area contributed by atoms with E-state index in [2.05, 4.69) is 20.8 Å². The molecule has 9 heavy (non-hydrogen) atoms. The van der Waals surface area contributed by atoms with E-state index in [-0.39, 0.29) is 9.76 Å². The summed E-state index contributed by atoms with van der Waals surface area (Å²) < 4.78 is 5.28. The van der Waals surface area contributed by atoms with Crippen molar-refractivity contribution in [2.24, 2.45) is 0 Å². The highest BCUT2D eigenvalue weighted by atomic mass is 28.3. The summed E-state index contributed by atoms with van der Waals surface area (Å²) in [5.41, 5.74) is 1.47. The van der Waals surface area contributed by atoms with Gasteiger partial charge in [0.15, 0.2) is 9.76 Å². The van der Waals surface area contributed by atoms with E-state index >= 15 is 0 Å². The van der Waals surface area contributed by atoms with Gasteiger partial charge in [0, 0.05) is 0 Å². The van der Waals surface area contributed by atoms with Crippen LogP contribution in [-0.2, 0) is 4.12 Å². The Morgan fingerprint density at radius 1 is 1.56 bits per heavy atom. The van der Waals surface area contributed by atoms with Gasteiger partial charge in [0.05, 0.1) is 0 Å². The van der Waals surface area contributed by atoms with E-state index < -0.39 is 0 Å². The molecule has 0 aromatic rings. The Balaban J connectivity index is 3.83. The van der Waals surface area contributed by atoms with Gasteiger partial charge in [-0.2, -0.15) is 0 Å². The fourth-order valence-electron chi connectivity index (χ4n) is 0.774. The van der Waals surface area contributed by atoms with Crippen LogP contribution in [0.25, 0.3) is 0 Å². The highest BCUT2D eigenvalue weighted by Crippen LogP contribution is 2.04. The third kappa shape index (κ3) is 3.67. The maximum absolute atomic E-state index is 5.28. The van der Waals surface area contributed by atoms with E-state index in [9.17, 15) is 0 Å². The first kappa shape index (κ1) is 9.13. The molecule has 0 aliphatic carbocycles. The second-order valence-corrected chi connectivity index (χ2v) is 5.84. The lowest BCUT2D eigenvalue weighted by Gasteiger charge is -2.03. The lowest BCUT2D eigenvalue weighted by Crippen LogP contribution is -2.00. The smallest absolute Gasteiger partial charge is 0.173 e. The molecule has 0 atom stereocenters. The minimum absolute atomic E-state index is 0.270. The second-order valence-electron chi connectivity index (χ2n) is 2.39. The Morgan fingerprint density at radius 3 is 2.22 bits per heavy atom. The van der Waals surface area contributed by atoms with E-state index in [1.54, 1.807) is 5.20 Å². The van der Waals surface area contributed by atoms with Crippen molar-refractivity contribution >= 4 is 20.2 Å². The van der Waals surface area contributed by atoms with Crippen molar-refractivity contribution in [2.45, 2.75) is 27.2 Å². The monoisotopic (exact) mass is 160 g/mol. The van der Waals surface area contributed by atoms with Crippen LogP contribution in [0.4, 0.5) is 0 Å². The molecule has 0 aliphatic heterocycles. The van der Waals surface area contributed by atoms with E-state index in [1.165, 1.54) is 12.0 Å². The largest absolute Gasteiger partial charge is 0.465 e. The van der Waals surface area contributed by atoms with Crippen LogP contribution in [0.2, 0.25) is 0 Å². The molecule has 0 aliphatic rings. The van der Waals surface area contributed by atoms with Crippen molar-refractivity contribution < 1.29 is 4.12 Å². The summed E-state index contributed by atoms with van der Waals surface area (Å²) in [6, 6.07) is 0. The van der Waals surface area contributed by atoms with Gasteiger partial charge in [-0.3, -0.25) is 0 Å². The van der Waals surface area contributed by atoms with Crippen molar-refractivity contribution in [1.82, 2.24) is 0 Å². The summed E-state index contributed by atoms with van der Waals surface area (Å²) in [6.07, 6.45) is 1.19. The molecule has 0 heterocycles. The number of hydrogen-bond donors (Lipinski definition) is 0. The number of hydrogen-bond acceptors (Lipinski definition) is 1. The highest BCUT2D eigenvalue weighted by molar-refractivity contribution is 6.43. The summed E-state index contributed by atoms with van der Waals surface area (Å²) in [4.78, 5) is 0. The van der Waals surface area contributed by atoms with E-state index in [0.717, 1.165) is 10.5 Å². The van der Waals surface area contributed by atoms with Gasteiger partial charge in [-0.25, -0.2) is 0 Å². The van der Waals surface area contributed by atoms with Gasteiger partial charge in [-0.15, -0.1) is 0 Å². The minimum Gasteiger partial charge on any atom is -0.465 e. The zero-order valence-corrected chi connectivity index (χ0v) is 10.2. The molecule has 0 N–H and O–H groups in total. The average Bonchev–Trinajstić information content (AvgIpc) is 1.82. The number of allylic oxidation sites excluding steroid dienone is 2. The topological polar surface area (TPSA) is 9.23 Å².